The van der Waals surface area contributed by atoms with Crippen LogP contribution in [0.3, 0.4) is 0 Å². The molecule has 0 aliphatic carbocycles. The molecule has 0 fully saturated rings. The van der Waals surface area contributed by atoms with Crippen molar-refractivity contribution in [2.45, 2.75) is 77.2 Å². The number of ether oxygens (including phenoxy) is 1. The van der Waals surface area contributed by atoms with Crippen LogP contribution in [0.5, 0.6) is 0 Å². The van der Waals surface area contributed by atoms with Crippen LogP contribution in [0.4, 0.5) is 22.0 Å². The van der Waals surface area contributed by atoms with Gasteiger partial charge in [0, 0.05) is 13.0 Å². The van der Waals surface area contributed by atoms with Gasteiger partial charge in [0.25, 0.3) is 0 Å². The highest BCUT2D eigenvalue weighted by atomic mass is 19.2. The minimum absolute atomic E-state index is 0.0223. The van der Waals surface area contributed by atoms with Gasteiger partial charge in [-0.3, -0.25) is 0 Å². The van der Waals surface area contributed by atoms with Crippen molar-refractivity contribution in [1.29, 1.82) is 0 Å². The Kier molecular flexibility index (Phi) is 9.04. The van der Waals surface area contributed by atoms with Crippen LogP contribution < -0.4 is 0 Å². The van der Waals surface area contributed by atoms with Gasteiger partial charge in [0.2, 0.25) is 5.82 Å². The number of hydrogen-bond donors (Lipinski definition) is 0. The first-order chi connectivity index (χ1) is 14.7. The molecule has 172 valence electrons. The Bertz CT molecular complexity index is 832. The molecule has 0 radical (unpaired) electrons. The largest absolute Gasteiger partial charge is 0.378 e. The molecule has 0 aliphatic rings. The number of rotatable bonds is 11. The van der Waals surface area contributed by atoms with Crippen LogP contribution in [0.25, 0.3) is 11.1 Å². The summed E-state index contributed by atoms with van der Waals surface area (Å²) in [4.78, 5) is 0. The van der Waals surface area contributed by atoms with E-state index in [9.17, 15) is 22.0 Å². The summed E-state index contributed by atoms with van der Waals surface area (Å²) in [5.74, 6) is -9.68. The molecule has 0 spiro atoms. The van der Waals surface area contributed by atoms with Gasteiger partial charge in [0.15, 0.2) is 23.3 Å². The van der Waals surface area contributed by atoms with Gasteiger partial charge < -0.3 is 4.74 Å². The van der Waals surface area contributed by atoms with Crippen molar-refractivity contribution in [2.24, 2.45) is 0 Å². The maximum Gasteiger partial charge on any atom is 0.200 e. The molecule has 0 saturated carbocycles. The Hall–Kier alpha value is -1.95. The van der Waals surface area contributed by atoms with Crippen LogP contribution in [0.1, 0.15) is 77.2 Å². The normalized spacial score (nSPS) is 12.9. The Morgan fingerprint density at radius 3 is 1.74 bits per heavy atom. The molecule has 1 unspecified atom stereocenters. The highest BCUT2D eigenvalue weighted by Crippen LogP contribution is 2.37. The monoisotopic (exact) mass is 442 g/mol. The van der Waals surface area contributed by atoms with Crippen LogP contribution in [0.2, 0.25) is 0 Å². The van der Waals surface area contributed by atoms with Gasteiger partial charge in [-0.15, -0.1) is 0 Å². The van der Waals surface area contributed by atoms with Gasteiger partial charge in [-0.25, -0.2) is 22.0 Å². The van der Waals surface area contributed by atoms with Gasteiger partial charge in [0.05, 0.1) is 11.2 Å². The molecular weight excluding hydrogens is 411 g/mol. The molecule has 1 atom stereocenters. The van der Waals surface area contributed by atoms with E-state index in [1.165, 1.54) is 37.8 Å². The molecule has 0 heterocycles. The third-order valence-corrected chi connectivity index (χ3v) is 6.02. The molecule has 0 aliphatic heterocycles. The molecule has 0 bridgehead atoms. The second-order valence-electron chi connectivity index (χ2n) is 8.48. The molecule has 6 heteroatoms. The summed E-state index contributed by atoms with van der Waals surface area (Å²) in [5, 5.41) is 0. The highest BCUT2D eigenvalue weighted by Gasteiger charge is 2.31. The molecule has 2 aromatic carbocycles. The minimum Gasteiger partial charge on any atom is -0.378 e. The number of methoxy groups -OCH3 is 1. The second kappa shape index (κ2) is 11.1. The Balaban J connectivity index is 2.28. The van der Waals surface area contributed by atoms with Gasteiger partial charge in [-0.05, 0) is 31.4 Å². The zero-order chi connectivity index (χ0) is 23.2. The Morgan fingerprint density at radius 1 is 0.742 bits per heavy atom. The molecule has 2 aromatic rings. The first-order valence-electron chi connectivity index (χ1n) is 10.8. The van der Waals surface area contributed by atoms with Crippen molar-refractivity contribution < 1.29 is 26.7 Å². The maximum atomic E-state index is 14.1. The van der Waals surface area contributed by atoms with E-state index in [-0.39, 0.29) is 11.5 Å². The van der Waals surface area contributed by atoms with Gasteiger partial charge in [-0.2, -0.15) is 0 Å². The van der Waals surface area contributed by atoms with Gasteiger partial charge in [-0.1, -0.05) is 69.7 Å². The lowest BCUT2D eigenvalue weighted by molar-refractivity contribution is -0.00449. The predicted octanol–water partition coefficient (Wildman–Crippen LogP) is 8.31. The standard InChI is InChI=1S/C25H31F5O/c1-5-6-7-8-9-10-11-18(25(2,3)31-4)16-12-14-17(15-13-16)19-20(26)22(28)24(30)23(29)21(19)27/h12-15,18H,5-11H2,1-4H3. The Morgan fingerprint density at radius 2 is 1.23 bits per heavy atom. The molecule has 31 heavy (non-hydrogen) atoms. The van der Waals surface area contributed by atoms with Crippen LogP contribution >= 0.6 is 0 Å². The molecule has 0 aromatic heterocycles. The van der Waals surface area contributed by atoms with Crippen LogP contribution in [0, 0.1) is 29.1 Å². The summed E-state index contributed by atoms with van der Waals surface area (Å²) in [7, 11) is 1.64. The summed E-state index contributed by atoms with van der Waals surface area (Å²) in [6.07, 6.45) is 7.80. The lowest BCUT2D eigenvalue weighted by atomic mass is 9.80. The fourth-order valence-corrected chi connectivity index (χ4v) is 3.93. The average molecular weight is 443 g/mol. The van der Waals surface area contributed by atoms with Crippen molar-refractivity contribution >= 4 is 0 Å². The van der Waals surface area contributed by atoms with E-state index in [1.54, 1.807) is 19.2 Å². The lowest BCUT2D eigenvalue weighted by Gasteiger charge is -2.34. The summed E-state index contributed by atoms with van der Waals surface area (Å²) in [6, 6.07) is 6.15. The van der Waals surface area contributed by atoms with E-state index in [2.05, 4.69) is 6.92 Å². The molecule has 0 N–H and O–H groups in total. The zero-order valence-electron chi connectivity index (χ0n) is 18.6. The topological polar surface area (TPSA) is 9.23 Å². The third-order valence-electron chi connectivity index (χ3n) is 6.02. The summed E-state index contributed by atoms with van der Waals surface area (Å²) in [6.45, 7) is 6.13. The predicted molar refractivity (Wildman–Crippen MR) is 113 cm³/mol. The van der Waals surface area contributed by atoms with Crippen LogP contribution in [-0.2, 0) is 4.74 Å². The van der Waals surface area contributed by atoms with Gasteiger partial charge >= 0.3 is 0 Å². The number of benzene rings is 2. The first-order valence-corrected chi connectivity index (χ1v) is 10.8. The van der Waals surface area contributed by atoms with Crippen molar-refractivity contribution in [2.75, 3.05) is 7.11 Å². The number of hydrogen-bond acceptors (Lipinski definition) is 1. The molecule has 2 rings (SSSR count). The highest BCUT2D eigenvalue weighted by molar-refractivity contribution is 5.65. The summed E-state index contributed by atoms with van der Waals surface area (Å²) < 4.78 is 74.4. The zero-order valence-corrected chi connectivity index (χ0v) is 18.6. The average Bonchev–Trinajstić information content (AvgIpc) is 2.76. The second-order valence-corrected chi connectivity index (χ2v) is 8.48. The van der Waals surface area contributed by atoms with E-state index in [0.717, 1.165) is 24.8 Å². The van der Waals surface area contributed by atoms with E-state index in [4.69, 9.17) is 4.74 Å². The summed E-state index contributed by atoms with van der Waals surface area (Å²) >= 11 is 0. The van der Waals surface area contributed by atoms with E-state index < -0.39 is 40.3 Å². The lowest BCUT2D eigenvalue weighted by Crippen LogP contribution is -2.31. The third kappa shape index (κ3) is 5.85. The van der Waals surface area contributed by atoms with E-state index in [0.29, 0.717) is 0 Å². The summed E-state index contributed by atoms with van der Waals surface area (Å²) in [5.41, 5.74) is -0.560. The maximum absolute atomic E-state index is 14.1. The first kappa shape index (κ1) is 25.3. The number of halogens is 5. The number of unbranched alkanes of at least 4 members (excludes halogenated alkanes) is 5. The van der Waals surface area contributed by atoms with E-state index >= 15 is 0 Å². The Labute approximate surface area is 181 Å². The van der Waals surface area contributed by atoms with Crippen molar-refractivity contribution in [3.63, 3.8) is 0 Å². The van der Waals surface area contributed by atoms with Crippen molar-refractivity contribution in [1.82, 2.24) is 0 Å². The fraction of sp³-hybridized carbons (Fsp3) is 0.520. The van der Waals surface area contributed by atoms with Crippen LogP contribution in [-0.4, -0.2) is 12.7 Å². The SMILES string of the molecule is CCCCCCCCC(c1ccc(-c2c(F)c(F)c(F)c(F)c2F)cc1)C(C)(C)OC. The van der Waals surface area contributed by atoms with Crippen LogP contribution in [0.15, 0.2) is 24.3 Å². The van der Waals surface area contributed by atoms with Gasteiger partial charge in [0.1, 0.15) is 0 Å². The fourth-order valence-electron chi connectivity index (χ4n) is 3.93. The van der Waals surface area contributed by atoms with E-state index in [1.807, 2.05) is 13.8 Å². The molecule has 1 nitrogen and oxygen atoms in total. The quantitative estimate of drug-likeness (QED) is 0.147. The van der Waals surface area contributed by atoms with Crippen molar-refractivity contribution in [3.05, 3.63) is 58.9 Å². The van der Waals surface area contributed by atoms with Crippen molar-refractivity contribution in [3.8, 4) is 11.1 Å². The smallest absolute Gasteiger partial charge is 0.200 e. The molecule has 0 amide bonds. The molecule has 0 saturated heterocycles. The molecular formula is C25H31F5O. The minimum atomic E-state index is -2.16.